The summed E-state index contributed by atoms with van der Waals surface area (Å²) in [6.07, 6.45) is 0. The number of nitrogens with one attached hydrogen (secondary N) is 1. The van der Waals surface area contributed by atoms with E-state index in [1.54, 1.807) is 19.2 Å². The smallest absolute Gasteiger partial charge is 0.251 e. The van der Waals surface area contributed by atoms with Crippen LogP contribution in [0.15, 0.2) is 24.3 Å². The van der Waals surface area contributed by atoms with Gasteiger partial charge in [0, 0.05) is 19.2 Å². The zero-order chi connectivity index (χ0) is 13.5. The number of hydrogen-bond acceptors (Lipinski definition) is 3. The number of carbonyl (C=O) groups is 1. The Balaban J connectivity index is 2.67. The standard InChI is InChI=1S/C14H22N2O2/c1-10(2)13(9-18-3)16-14(17)12-6-4-11(8-15)5-7-12/h4-7,10,13H,8-9,15H2,1-3H3,(H,16,17). The minimum absolute atomic E-state index is 0.0247. The molecule has 1 aromatic rings. The van der Waals surface area contributed by atoms with E-state index in [2.05, 4.69) is 19.2 Å². The van der Waals surface area contributed by atoms with Gasteiger partial charge in [-0.1, -0.05) is 26.0 Å². The van der Waals surface area contributed by atoms with Gasteiger partial charge in [0.1, 0.15) is 0 Å². The predicted octanol–water partition coefficient (Wildman–Crippen LogP) is 1.55. The van der Waals surface area contributed by atoms with Gasteiger partial charge in [0.15, 0.2) is 0 Å². The van der Waals surface area contributed by atoms with Crippen molar-refractivity contribution in [1.29, 1.82) is 0 Å². The first-order chi connectivity index (χ1) is 8.58. The number of benzene rings is 1. The van der Waals surface area contributed by atoms with Crippen molar-refractivity contribution < 1.29 is 9.53 Å². The quantitative estimate of drug-likeness (QED) is 0.805. The lowest BCUT2D eigenvalue weighted by Crippen LogP contribution is -2.41. The maximum atomic E-state index is 12.0. The van der Waals surface area contributed by atoms with Gasteiger partial charge >= 0.3 is 0 Å². The molecule has 0 aliphatic heterocycles. The van der Waals surface area contributed by atoms with Crippen LogP contribution in [0.25, 0.3) is 0 Å². The first-order valence-corrected chi connectivity index (χ1v) is 6.17. The number of hydrogen-bond donors (Lipinski definition) is 2. The molecule has 0 aliphatic carbocycles. The Morgan fingerprint density at radius 3 is 2.39 bits per heavy atom. The molecule has 0 saturated heterocycles. The second-order valence-electron chi connectivity index (χ2n) is 4.68. The van der Waals surface area contributed by atoms with Crippen molar-refractivity contribution in [2.75, 3.05) is 13.7 Å². The average molecular weight is 250 g/mol. The number of carbonyl (C=O) groups excluding carboxylic acids is 1. The summed E-state index contributed by atoms with van der Waals surface area (Å²) in [4.78, 5) is 12.0. The lowest BCUT2D eigenvalue weighted by atomic mass is 10.0. The Labute approximate surface area is 109 Å². The zero-order valence-corrected chi connectivity index (χ0v) is 11.3. The van der Waals surface area contributed by atoms with Crippen LogP contribution >= 0.6 is 0 Å². The van der Waals surface area contributed by atoms with Crippen LogP contribution in [0.1, 0.15) is 29.8 Å². The molecule has 100 valence electrons. The SMILES string of the molecule is COCC(NC(=O)c1ccc(CN)cc1)C(C)C. The molecule has 0 bridgehead atoms. The van der Waals surface area contributed by atoms with Crippen molar-refractivity contribution in [2.45, 2.75) is 26.4 Å². The summed E-state index contributed by atoms with van der Waals surface area (Å²) >= 11 is 0. The molecule has 18 heavy (non-hydrogen) atoms. The highest BCUT2D eigenvalue weighted by molar-refractivity contribution is 5.94. The van der Waals surface area contributed by atoms with Gasteiger partial charge in [0.05, 0.1) is 12.6 Å². The molecule has 0 heterocycles. The Morgan fingerprint density at radius 1 is 1.33 bits per heavy atom. The molecule has 0 radical (unpaired) electrons. The average Bonchev–Trinajstić information content (AvgIpc) is 2.38. The molecule has 4 nitrogen and oxygen atoms in total. The van der Waals surface area contributed by atoms with E-state index < -0.39 is 0 Å². The van der Waals surface area contributed by atoms with E-state index in [1.807, 2.05) is 12.1 Å². The summed E-state index contributed by atoms with van der Waals surface area (Å²) < 4.78 is 5.11. The van der Waals surface area contributed by atoms with Crippen molar-refractivity contribution in [2.24, 2.45) is 11.7 Å². The van der Waals surface area contributed by atoms with Crippen LogP contribution < -0.4 is 11.1 Å². The van der Waals surface area contributed by atoms with Crippen LogP contribution in [-0.2, 0) is 11.3 Å². The van der Waals surface area contributed by atoms with Gasteiger partial charge in [-0.25, -0.2) is 0 Å². The lowest BCUT2D eigenvalue weighted by Gasteiger charge is -2.21. The van der Waals surface area contributed by atoms with Gasteiger partial charge in [-0.2, -0.15) is 0 Å². The molecule has 1 amide bonds. The summed E-state index contributed by atoms with van der Waals surface area (Å²) in [5, 5.41) is 2.98. The third kappa shape index (κ3) is 4.13. The Kier molecular flexibility index (Phi) is 5.82. The molecular weight excluding hydrogens is 228 g/mol. The first-order valence-electron chi connectivity index (χ1n) is 6.17. The number of ether oxygens (including phenoxy) is 1. The highest BCUT2D eigenvalue weighted by Gasteiger charge is 2.16. The van der Waals surface area contributed by atoms with Gasteiger partial charge in [0.25, 0.3) is 5.91 Å². The van der Waals surface area contributed by atoms with Crippen LogP contribution in [0.4, 0.5) is 0 Å². The molecule has 3 N–H and O–H groups in total. The van der Waals surface area contributed by atoms with Gasteiger partial charge in [-0.3, -0.25) is 4.79 Å². The van der Waals surface area contributed by atoms with Crippen LogP contribution in [0.2, 0.25) is 0 Å². The molecule has 1 rings (SSSR count). The molecule has 0 saturated carbocycles. The number of nitrogens with two attached hydrogens (primary N) is 1. The number of amides is 1. The third-order valence-electron chi connectivity index (χ3n) is 2.92. The van der Waals surface area contributed by atoms with Gasteiger partial charge < -0.3 is 15.8 Å². The molecule has 0 spiro atoms. The predicted molar refractivity (Wildman–Crippen MR) is 72.3 cm³/mol. The summed E-state index contributed by atoms with van der Waals surface area (Å²) in [5.74, 6) is 0.256. The van der Waals surface area contributed by atoms with E-state index >= 15 is 0 Å². The zero-order valence-electron chi connectivity index (χ0n) is 11.3. The van der Waals surface area contributed by atoms with Crippen LogP contribution in [0.5, 0.6) is 0 Å². The molecule has 0 aromatic heterocycles. The molecule has 1 atom stereocenters. The molecule has 0 aliphatic rings. The molecule has 0 fully saturated rings. The number of rotatable bonds is 6. The van der Waals surface area contributed by atoms with Crippen LogP contribution in [0.3, 0.4) is 0 Å². The van der Waals surface area contributed by atoms with Crippen LogP contribution in [-0.4, -0.2) is 25.7 Å². The van der Waals surface area contributed by atoms with Crippen molar-refractivity contribution in [3.05, 3.63) is 35.4 Å². The molecular formula is C14H22N2O2. The topological polar surface area (TPSA) is 64.3 Å². The highest BCUT2D eigenvalue weighted by atomic mass is 16.5. The van der Waals surface area contributed by atoms with Gasteiger partial charge in [-0.05, 0) is 23.6 Å². The summed E-state index contributed by atoms with van der Waals surface area (Å²) in [7, 11) is 1.64. The van der Waals surface area contributed by atoms with E-state index in [-0.39, 0.29) is 11.9 Å². The minimum atomic E-state index is -0.0747. The van der Waals surface area contributed by atoms with Crippen LogP contribution in [0, 0.1) is 5.92 Å². The van der Waals surface area contributed by atoms with Gasteiger partial charge in [-0.15, -0.1) is 0 Å². The number of methoxy groups -OCH3 is 1. The molecule has 1 unspecified atom stereocenters. The maximum Gasteiger partial charge on any atom is 0.251 e. The van der Waals surface area contributed by atoms with Crippen molar-refractivity contribution >= 4 is 5.91 Å². The van der Waals surface area contributed by atoms with Gasteiger partial charge in [0.2, 0.25) is 0 Å². The summed E-state index contributed by atoms with van der Waals surface area (Å²) in [6.45, 7) is 5.12. The fraction of sp³-hybridized carbons (Fsp3) is 0.500. The largest absolute Gasteiger partial charge is 0.383 e. The second-order valence-corrected chi connectivity index (χ2v) is 4.68. The third-order valence-corrected chi connectivity index (χ3v) is 2.92. The van der Waals surface area contributed by atoms with E-state index in [0.29, 0.717) is 24.6 Å². The Hall–Kier alpha value is -1.39. The van der Waals surface area contributed by atoms with E-state index in [0.717, 1.165) is 5.56 Å². The Morgan fingerprint density at radius 2 is 1.94 bits per heavy atom. The first kappa shape index (κ1) is 14.7. The normalized spacial score (nSPS) is 12.5. The van der Waals surface area contributed by atoms with Crippen molar-refractivity contribution in [3.63, 3.8) is 0 Å². The van der Waals surface area contributed by atoms with E-state index in [1.165, 1.54) is 0 Å². The minimum Gasteiger partial charge on any atom is -0.383 e. The van der Waals surface area contributed by atoms with Crippen molar-refractivity contribution in [3.8, 4) is 0 Å². The molecule has 4 heteroatoms. The fourth-order valence-corrected chi connectivity index (χ4v) is 1.62. The summed E-state index contributed by atoms with van der Waals surface area (Å²) in [6, 6.07) is 7.35. The highest BCUT2D eigenvalue weighted by Crippen LogP contribution is 2.07. The van der Waals surface area contributed by atoms with Crippen molar-refractivity contribution in [1.82, 2.24) is 5.32 Å². The lowest BCUT2D eigenvalue weighted by molar-refractivity contribution is 0.0866. The summed E-state index contributed by atoms with van der Waals surface area (Å²) in [5.41, 5.74) is 7.18. The maximum absolute atomic E-state index is 12.0. The second kappa shape index (κ2) is 7.13. The van der Waals surface area contributed by atoms with E-state index in [9.17, 15) is 4.79 Å². The van der Waals surface area contributed by atoms with E-state index in [4.69, 9.17) is 10.5 Å². The Bertz CT molecular complexity index is 374. The fourth-order valence-electron chi connectivity index (χ4n) is 1.62. The monoisotopic (exact) mass is 250 g/mol. The molecule has 1 aromatic carbocycles.